The third kappa shape index (κ3) is 4.75. The van der Waals surface area contributed by atoms with Crippen LogP contribution in [-0.2, 0) is 10.3 Å². The van der Waals surface area contributed by atoms with Gasteiger partial charge in [-0.15, -0.1) is 0 Å². The molecule has 1 saturated heterocycles. The molecule has 156 valence electrons. The highest BCUT2D eigenvalue weighted by atomic mass is 16.5. The van der Waals surface area contributed by atoms with Crippen molar-refractivity contribution < 1.29 is 18.8 Å². The minimum Gasteiger partial charge on any atom is -0.477 e. The first kappa shape index (κ1) is 19.8. The van der Waals surface area contributed by atoms with Gasteiger partial charge < -0.3 is 19.3 Å². The molecule has 3 heterocycles. The summed E-state index contributed by atoms with van der Waals surface area (Å²) in [6, 6.07) is 3.74. The number of nitrogens with one attached hydrogen (secondary N) is 1. The molecule has 8 heteroatoms. The van der Waals surface area contributed by atoms with Gasteiger partial charge in [0.05, 0.1) is 12.1 Å². The van der Waals surface area contributed by atoms with E-state index in [0.717, 1.165) is 44.5 Å². The number of hydrogen-bond donors (Lipinski definition) is 1. The summed E-state index contributed by atoms with van der Waals surface area (Å²) in [5.74, 6) is 2.13. The van der Waals surface area contributed by atoms with Gasteiger partial charge in [0, 0.05) is 25.7 Å². The number of pyridine rings is 1. The van der Waals surface area contributed by atoms with Crippen LogP contribution in [0.3, 0.4) is 0 Å². The molecule has 0 radical (unpaired) electrons. The normalized spacial score (nSPS) is 17.9. The van der Waals surface area contributed by atoms with Gasteiger partial charge in [0.1, 0.15) is 5.69 Å². The SMILES string of the molecule is Cc1nc(C(C)(C)NC(=O)c2ccc(C3CC3)c(OCC3CCOCC3)n2)no1. The van der Waals surface area contributed by atoms with Gasteiger partial charge in [-0.1, -0.05) is 11.2 Å². The zero-order valence-corrected chi connectivity index (χ0v) is 17.2. The molecule has 1 amide bonds. The minimum absolute atomic E-state index is 0.296. The third-order valence-electron chi connectivity index (χ3n) is 5.45. The molecule has 0 unspecified atom stereocenters. The Hall–Kier alpha value is -2.48. The average molecular weight is 400 g/mol. The van der Waals surface area contributed by atoms with Gasteiger partial charge in [0.2, 0.25) is 11.8 Å². The molecule has 2 aromatic heterocycles. The summed E-state index contributed by atoms with van der Waals surface area (Å²) in [6.45, 7) is 7.55. The predicted octanol–water partition coefficient (Wildman–Crippen LogP) is 3.12. The maximum Gasteiger partial charge on any atom is 0.270 e. The van der Waals surface area contributed by atoms with E-state index in [1.54, 1.807) is 13.0 Å². The van der Waals surface area contributed by atoms with E-state index in [1.165, 1.54) is 0 Å². The Morgan fingerprint density at radius 3 is 2.62 bits per heavy atom. The van der Waals surface area contributed by atoms with Gasteiger partial charge in [-0.3, -0.25) is 4.79 Å². The van der Waals surface area contributed by atoms with E-state index >= 15 is 0 Å². The number of carbonyl (C=O) groups is 1. The van der Waals surface area contributed by atoms with Crippen molar-refractivity contribution in [1.29, 1.82) is 0 Å². The largest absolute Gasteiger partial charge is 0.477 e. The van der Waals surface area contributed by atoms with Gasteiger partial charge in [0.25, 0.3) is 5.91 Å². The first-order valence-corrected chi connectivity index (χ1v) is 10.3. The summed E-state index contributed by atoms with van der Waals surface area (Å²) < 4.78 is 16.6. The average Bonchev–Trinajstić information content (AvgIpc) is 3.46. The fourth-order valence-electron chi connectivity index (χ4n) is 3.47. The predicted molar refractivity (Wildman–Crippen MR) is 105 cm³/mol. The maximum atomic E-state index is 12.9. The van der Waals surface area contributed by atoms with E-state index < -0.39 is 5.54 Å². The number of ether oxygens (including phenoxy) is 2. The maximum absolute atomic E-state index is 12.9. The molecule has 1 aliphatic carbocycles. The number of amides is 1. The molecule has 8 nitrogen and oxygen atoms in total. The van der Waals surface area contributed by atoms with Crippen LogP contribution in [0.5, 0.6) is 5.88 Å². The second-order valence-corrected chi connectivity index (χ2v) is 8.45. The Labute approximate surface area is 170 Å². The van der Waals surface area contributed by atoms with Crippen molar-refractivity contribution in [1.82, 2.24) is 20.4 Å². The van der Waals surface area contributed by atoms with Crippen molar-refractivity contribution in [3.05, 3.63) is 35.1 Å². The molecule has 1 saturated carbocycles. The molecule has 1 aliphatic heterocycles. The van der Waals surface area contributed by atoms with Crippen molar-refractivity contribution >= 4 is 5.91 Å². The second-order valence-electron chi connectivity index (χ2n) is 8.45. The molecular weight excluding hydrogens is 372 g/mol. The lowest BCUT2D eigenvalue weighted by Crippen LogP contribution is -2.42. The van der Waals surface area contributed by atoms with Crippen LogP contribution < -0.4 is 10.1 Å². The Morgan fingerprint density at radius 1 is 1.21 bits per heavy atom. The molecule has 2 fully saturated rings. The summed E-state index contributed by atoms with van der Waals surface area (Å²) in [5.41, 5.74) is 0.640. The van der Waals surface area contributed by atoms with Crippen molar-refractivity contribution in [2.45, 2.75) is 57.9 Å². The smallest absolute Gasteiger partial charge is 0.270 e. The summed E-state index contributed by atoms with van der Waals surface area (Å²) in [4.78, 5) is 21.7. The molecule has 0 atom stereocenters. The van der Waals surface area contributed by atoms with E-state index in [1.807, 2.05) is 19.9 Å². The Morgan fingerprint density at radius 2 is 1.97 bits per heavy atom. The quantitative estimate of drug-likeness (QED) is 0.762. The topological polar surface area (TPSA) is 99.4 Å². The zero-order valence-electron chi connectivity index (χ0n) is 17.2. The highest BCUT2D eigenvalue weighted by Crippen LogP contribution is 2.43. The summed E-state index contributed by atoms with van der Waals surface area (Å²) in [7, 11) is 0. The van der Waals surface area contributed by atoms with Crippen molar-refractivity contribution in [2.75, 3.05) is 19.8 Å². The van der Waals surface area contributed by atoms with Gasteiger partial charge >= 0.3 is 0 Å². The van der Waals surface area contributed by atoms with Gasteiger partial charge in [-0.2, -0.15) is 4.98 Å². The van der Waals surface area contributed by atoms with Gasteiger partial charge in [0.15, 0.2) is 5.82 Å². The zero-order chi connectivity index (χ0) is 20.4. The van der Waals surface area contributed by atoms with Crippen LogP contribution in [0.15, 0.2) is 16.7 Å². The number of aromatic nitrogens is 3. The van der Waals surface area contributed by atoms with Crippen LogP contribution in [-0.4, -0.2) is 40.9 Å². The lowest BCUT2D eigenvalue weighted by molar-refractivity contribution is 0.0488. The van der Waals surface area contributed by atoms with E-state index in [0.29, 0.717) is 41.7 Å². The lowest BCUT2D eigenvalue weighted by atomic mass is 10.0. The van der Waals surface area contributed by atoms with E-state index in [-0.39, 0.29) is 5.91 Å². The van der Waals surface area contributed by atoms with Crippen molar-refractivity contribution in [3.63, 3.8) is 0 Å². The number of rotatable bonds is 7. The van der Waals surface area contributed by atoms with Crippen LogP contribution in [0.25, 0.3) is 0 Å². The van der Waals surface area contributed by atoms with E-state index in [9.17, 15) is 4.79 Å². The second kappa shape index (κ2) is 8.10. The molecular formula is C21H28N4O4. The lowest BCUT2D eigenvalue weighted by Gasteiger charge is -2.23. The highest BCUT2D eigenvalue weighted by molar-refractivity contribution is 5.93. The van der Waals surface area contributed by atoms with Crippen LogP contribution in [0.2, 0.25) is 0 Å². The molecule has 29 heavy (non-hydrogen) atoms. The Kier molecular flexibility index (Phi) is 5.54. The van der Waals surface area contributed by atoms with Gasteiger partial charge in [-0.05, 0) is 57.4 Å². The van der Waals surface area contributed by atoms with Crippen LogP contribution in [0, 0.1) is 12.8 Å². The number of hydrogen-bond acceptors (Lipinski definition) is 7. The highest BCUT2D eigenvalue weighted by Gasteiger charge is 2.31. The summed E-state index contributed by atoms with van der Waals surface area (Å²) in [5, 5.41) is 6.86. The molecule has 2 aromatic rings. The van der Waals surface area contributed by atoms with Crippen LogP contribution in [0.1, 0.15) is 73.2 Å². The first-order valence-electron chi connectivity index (χ1n) is 10.3. The number of aryl methyl sites for hydroxylation is 1. The standard InChI is InChI=1S/C21H28N4O4/c1-13-22-20(25-29-13)21(2,3)24-18(26)17-7-6-16(15-4-5-15)19(23-17)28-12-14-8-10-27-11-9-14/h6-7,14-15H,4-5,8-12H2,1-3H3,(H,24,26). The molecule has 0 bridgehead atoms. The monoisotopic (exact) mass is 400 g/mol. The van der Waals surface area contributed by atoms with Crippen molar-refractivity contribution in [2.24, 2.45) is 5.92 Å². The minimum atomic E-state index is -0.783. The van der Waals surface area contributed by atoms with Gasteiger partial charge in [-0.25, -0.2) is 4.98 Å². The molecule has 0 aromatic carbocycles. The Balaban J connectivity index is 1.48. The third-order valence-corrected chi connectivity index (χ3v) is 5.45. The van der Waals surface area contributed by atoms with Crippen LogP contribution >= 0.6 is 0 Å². The molecule has 1 N–H and O–H groups in total. The number of nitrogens with zero attached hydrogens (tertiary/aromatic N) is 3. The molecule has 4 rings (SSSR count). The van der Waals surface area contributed by atoms with Crippen LogP contribution in [0.4, 0.5) is 0 Å². The molecule has 2 aliphatic rings. The fraction of sp³-hybridized carbons (Fsp3) is 0.619. The van der Waals surface area contributed by atoms with E-state index in [2.05, 4.69) is 20.4 Å². The Bertz CT molecular complexity index is 869. The van der Waals surface area contributed by atoms with Crippen molar-refractivity contribution in [3.8, 4) is 5.88 Å². The molecule has 0 spiro atoms. The van der Waals surface area contributed by atoms with E-state index in [4.69, 9.17) is 14.0 Å². The summed E-state index contributed by atoms with van der Waals surface area (Å²) >= 11 is 0. The fourth-order valence-corrected chi connectivity index (χ4v) is 3.47. The first-order chi connectivity index (χ1) is 13.9. The summed E-state index contributed by atoms with van der Waals surface area (Å²) in [6.07, 6.45) is 4.28. The number of carbonyl (C=O) groups excluding carboxylic acids is 1.